The Balaban J connectivity index is 1.59. The number of urea groups is 1. The molecule has 2 unspecified atom stereocenters. The highest BCUT2D eigenvalue weighted by Crippen LogP contribution is 2.26. The van der Waals surface area contributed by atoms with Crippen molar-refractivity contribution in [3.8, 4) is 0 Å². The van der Waals surface area contributed by atoms with Crippen LogP contribution in [0.2, 0.25) is 0 Å². The van der Waals surface area contributed by atoms with E-state index >= 15 is 0 Å². The number of rotatable bonds is 3. The minimum absolute atomic E-state index is 0.0304. The smallest absolute Gasteiger partial charge is 0.317 e. The number of ether oxygens (including phenoxy) is 1. The van der Waals surface area contributed by atoms with Crippen molar-refractivity contribution >= 4 is 17.4 Å². The molecule has 0 aliphatic carbocycles. The lowest BCUT2D eigenvalue weighted by atomic mass is 10.1. The predicted octanol–water partition coefficient (Wildman–Crippen LogP) is 2.81. The van der Waals surface area contributed by atoms with E-state index in [9.17, 15) is 4.79 Å². The standard InChI is InChI=1S/C16H19N3O2S/c1-12-9-19(10-15(21-12)14-4-6-22-11-14)16(20)18-8-13-3-2-5-17-7-13/h2-7,11-12,15H,8-10H2,1H3,(H,18,20). The van der Waals surface area contributed by atoms with E-state index in [1.54, 1.807) is 23.7 Å². The van der Waals surface area contributed by atoms with Gasteiger partial charge in [-0.1, -0.05) is 6.07 Å². The number of amides is 2. The summed E-state index contributed by atoms with van der Waals surface area (Å²) >= 11 is 1.65. The predicted molar refractivity (Wildman–Crippen MR) is 85.7 cm³/mol. The molecular formula is C16H19N3O2S. The highest BCUT2D eigenvalue weighted by molar-refractivity contribution is 7.07. The van der Waals surface area contributed by atoms with Crippen LogP contribution in [0.1, 0.15) is 24.2 Å². The van der Waals surface area contributed by atoms with Crippen LogP contribution < -0.4 is 5.32 Å². The summed E-state index contributed by atoms with van der Waals surface area (Å²) in [5.74, 6) is 0. The molecule has 0 saturated carbocycles. The number of pyridine rings is 1. The van der Waals surface area contributed by atoms with Crippen LogP contribution in [0.15, 0.2) is 41.4 Å². The minimum Gasteiger partial charge on any atom is -0.367 e. The Kier molecular flexibility index (Phi) is 4.70. The Morgan fingerprint density at radius 3 is 3.14 bits per heavy atom. The molecule has 5 nitrogen and oxygen atoms in total. The van der Waals surface area contributed by atoms with Gasteiger partial charge >= 0.3 is 6.03 Å². The largest absolute Gasteiger partial charge is 0.367 e. The molecule has 6 heteroatoms. The number of nitrogens with zero attached hydrogens (tertiary/aromatic N) is 2. The molecular weight excluding hydrogens is 298 g/mol. The Labute approximate surface area is 133 Å². The summed E-state index contributed by atoms with van der Waals surface area (Å²) in [6.45, 7) is 3.68. The quantitative estimate of drug-likeness (QED) is 0.947. The van der Waals surface area contributed by atoms with Gasteiger partial charge in [0, 0.05) is 25.5 Å². The Hall–Kier alpha value is -1.92. The number of morpholine rings is 1. The van der Waals surface area contributed by atoms with Crippen molar-refractivity contribution in [2.45, 2.75) is 25.7 Å². The van der Waals surface area contributed by atoms with Crippen LogP contribution in [-0.4, -0.2) is 35.1 Å². The third-order valence-corrected chi connectivity index (χ3v) is 4.33. The molecule has 2 atom stereocenters. The van der Waals surface area contributed by atoms with Crippen LogP contribution in [0.25, 0.3) is 0 Å². The van der Waals surface area contributed by atoms with Gasteiger partial charge in [-0.25, -0.2) is 4.79 Å². The lowest BCUT2D eigenvalue weighted by Gasteiger charge is -2.36. The summed E-state index contributed by atoms with van der Waals surface area (Å²) in [5.41, 5.74) is 2.13. The monoisotopic (exact) mass is 317 g/mol. The zero-order valence-corrected chi connectivity index (χ0v) is 13.3. The van der Waals surface area contributed by atoms with E-state index in [4.69, 9.17) is 4.74 Å². The first-order chi connectivity index (χ1) is 10.7. The van der Waals surface area contributed by atoms with Crippen LogP contribution in [-0.2, 0) is 11.3 Å². The van der Waals surface area contributed by atoms with E-state index in [0.717, 1.165) is 11.1 Å². The second-order valence-corrected chi connectivity index (χ2v) is 6.20. The molecule has 1 fully saturated rings. The summed E-state index contributed by atoms with van der Waals surface area (Å²) in [7, 11) is 0. The van der Waals surface area contributed by atoms with Crippen LogP contribution in [0.3, 0.4) is 0 Å². The maximum Gasteiger partial charge on any atom is 0.317 e. The van der Waals surface area contributed by atoms with Gasteiger partial charge in [-0.15, -0.1) is 0 Å². The molecule has 2 amide bonds. The highest BCUT2D eigenvalue weighted by atomic mass is 32.1. The van der Waals surface area contributed by atoms with Crippen molar-refractivity contribution in [3.05, 3.63) is 52.5 Å². The third-order valence-electron chi connectivity index (χ3n) is 3.63. The maximum atomic E-state index is 12.4. The average Bonchev–Trinajstić information content (AvgIpc) is 3.07. The molecule has 0 radical (unpaired) electrons. The van der Waals surface area contributed by atoms with Gasteiger partial charge in [-0.3, -0.25) is 4.98 Å². The number of hydrogen-bond acceptors (Lipinski definition) is 4. The second kappa shape index (κ2) is 6.89. The molecule has 116 valence electrons. The topological polar surface area (TPSA) is 54.5 Å². The molecule has 3 rings (SSSR count). The summed E-state index contributed by atoms with van der Waals surface area (Å²) < 4.78 is 5.95. The van der Waals surface area contributed by atoms with Crippen LogP contribution in [0, 0.1) is 0 Å². The SMILES string of the molecule is CC1CN(C(=O)NCc2cccnc2)CC(c2ccsc2)O1. The van der Waals surface area contributed by atoms with Crippen molar-refractivity contribution in [2.75, 3.05) is 13.1 Å². The van der Waals surface area contributed by atoms with Gasteiger partial charge in [0.15, 0.2) is 0 Å². The van der Waals surface area contributed by atoms with Crippen molar-refractivity contribution in [3.63, 3.8) is 0 Å². The second-order valence-electron chi connectivity index (χ2n) is 5.42. The van der Waals surface area contributed by atoms with Gasteiger partial charge in [-0.2, -0.15) is 11.3 Å². The number of nitrogens with one attached hydrogen (secondary N) is 1. The number of aromatic nitrogens is 1. The fourth-order valence-electron chi connectivity index (χ4n) is 2.55. The number of thiophene rings is 1. The van der Waals surface area contributed by atoms with Gasteiger partial charge in [0.25, 0.3) is 0 Å². The van der Waals surface area contributed by atoms with Crippen LogP contribution in [0.5, 0.6) is 0 Å². The zero-order chi connectivity index (χ0) is 15.4. The fraction of sp³-hybridized carbons (Fsp3) is 0.375. The Morgan fingerprint density at radius 1 is 1.50 bits per heavy atom. The van der Waals surface area contributed by atoms with Crippen molar-refractivity contribution in [2.24, 2.45) is 0 Å². The lowest BCUT2D eigenvalue weighted by Crippen LogP contribution is -2.49. The Morgan fingerprint density at radius 2 is 2.41 bits per heavy atom. The number of carbonyl (C=O) groups is 1. The molecule has 2 aromatic rings. The van der Waals surface area contributed by atoms with Crippen molar-refractivity contribution in [1.29, 1.82) is 0 Å². The number of carbonyl (C=O) groups excluding carboxylic acids is 1. The summed E-state index contributed by atoms with van der Waals surface area (Å²) in [6, 6.07) is 5.81. The first kappa shape index (κ1) is 15.0. The summed E-state index contributed by atoms with van der Waals surface area (Å²) in [5, 5.41) is 7.06. The first-order valence-electron chi connectivity index (χ1n) is 7.31. The van der Waals surface area contributed by atoms with E-state index < -0.39 is 0 Å². The third kappa shape index (κ3) is 3.64. The van der Waals surface area contributed by atoms with E-state index in [-0.39, 0.29) is 18.2 Å². The van der Waals surface area contributed by atoms with Crippen molar-refractivity contribution in [1.82, 2.24) is 15.2 Å². The van der Waals surface area contributed by atoms with Crippen LogP contribution >= 0.6 is 11.3 Å². The summed E-state index contributed by atoms with van der Waals surface area (Å²) in [4.78, 5) is 18.2. The molecule has 2 aromatic heterocycles. The highest BCUT2D eigenvalue weighted by Gasteiger charge is 2.29. The Bertz CT molecular complexity index is 603. The fourth-order valence-corrected chi connectivity index (χ4v) is 3.25. The lowest BCUT2D eigenvalue weighted by molar-refractivity contribution is -0.0655. The molecule has 1 N–H and O–H groups in total. The van der Waals surface area contributed by atoms with Gasteiger partial charge in [0.1, 0.15) is 6.10 Å². The van der Waals surface area contributed by atoms with E-state index in [0.29, 0.717) is 19.6 Å². The molecule has 22 heavy (non-hydrogen) atoms. The van der Waals surface area contributed by atoms with Gasteiger partial charge < -0.3 is 15.0 Å². The minimum atomic E-state index is -0.0563. The summed E-state index contributed by atoms with van der Waals surface area (Å²) in [6.07, 6.45) is 3.47. The van der Waals surface area contributed by atoms with Crippen molar-refractivity contribution < 1.29 is 9.53 Å². The van der Waals surface area contributed by atoms with Gasteiger partial charge in [0.05, 0.1) is 12.6 Å². The zero-order valence-electron chi connectivity index (χ0n) is 12.4. The normalized spacial score (nSPS) is 21.6. The van der Waals surface area contributed by atoms with Gasteiger partial charge in [-0.05, 0) is 40.9 Å². The van der Waals surface area contributed by atoms with E-state index in [1.165, 1.54) is 0 Å². The molecule has 1 aliphatic rings. The molecule has 1 aliphatic heterocycles. The molecule has 0 bridgehead atoms. The maximum absolute atomic E-state index is 12.4. The molecule has 1 saturated heterocycles. The van der Waals surface area contributed by atoms with Crippen LogP contribution in [0.4, 0.5) is 4.79 Å². The molecule has 0 aromatic carbocycles. The molecule has 0 spiro atoms. The van der Waals surface area contributed by atoms with E-state index in [2.05, 4.69) is 21.7 Å². The van der Waals surface area contributed by atoms with E-state index in [1.807, 2.05) is 29.3 Å². The average molecular weight is 317 g/mol. The van der Waals surface area contributed by atoms with Gasteiger partial charge in [0.2, 0.25) is 0 Å². The first-order valence-corrected chi connectivity index (χ1v) is 8.26. The number of hydrogen-bond donors (Lipinski definition) is 1. The molecule has 3 heterocycles.